The number of aliphatic hydroxyl groups is 1. The minimum atomic E-state index is -0.524. The van der Waals surface area contributed by atoms with Gasteiger partial charge in [-0.1, -0.05) is 12.1 Å². The first-order valence-corrected chi connectivity index (χ1v) is 10.6. The van der Waals surface area contributed by atoms with Crippen molar-refractivity contribution in [3.05, 3.63) is 53.9 Å². The number of hydrogen-bond donors (Lipinski definition) is 2. The first-order valence-electron chi connectivity index (χ1n) is 10.6. The first kappa shape index (κ1) is 22.5. The van der Waals surface area contributed by atoms with Gasteiger partial charge in [0.2, 0.25) is 0 Å². The fraction of sp³-hybridized carbons (Fsp3) is 0.522. The van der Waals surface area contributed by atoms with Gasteiger partial charge in [0.05, 0.1) is 7.11 Å². The van der Waals surface area contributed by atoms with E-state index in [9.17, 15) is 5.11 Å². The molecule has 7 nitrogen and oxygen atoms in total. The summed E-state index contributed by atoms with van der Waals surface area (Å²) in [6.45, 7) is 6.46. The van der Waals surface area contributed by atoms with Gasteiger partial charge in [0.25, 0.3) is 0 Å². The third kappa shape index (κ3) is 7.25. The second-order valence-electron chi connectivity index (χ2n) is 7.79. The van der Waals surface area contributed by atoms with E-state index in [1.54, 1.807) is 7.11 Å². The van der Waals surface area contributed by atoms with Crippen molar-refractivity contribution in [2.24, 2.45) is 0 Å². The van der Waals surface area contributed by atoms with Crippen LogP contribution in [0.1, 0.15) is 11.3 Å². The maximum atomic E-state index is 10.5. The lowest BCUT2D eigenvalue weighted by molar-refractivity contribution is 0.0501. The molecule has 1 saturated heterocycles. The van der Waals surface area contributed by atoms with Gasteiger partial charge < -0.3 is 24.8 Å². The second kappa shape index (κ2) is 11.9. The fourth-order valence-electron chi connectivity index (χ4n) is 3.49. The number of rotatable bonds is 11. The molecule has 30 heavy (non-hydrogen) atoms. The number of likely N-dealkylation sites (N-methyl/N-ethyl adjacent to an activating group) is 1. The minimum Gasteiger partial charge on any atom is -0.497 e. The number of pyridine rings is 1. The van der Waals surface area contributed by atoms with Crippen molar-refractivity contribution in [2.75, 3.05) is 60.0 Å². The number of nitrogens with one attached hydrogen (secondary N) is 1. The zero-order valence-electron chi connectivity index (χ0n) is 18.1. The van der Waals surface area contributed by atoms with Crippen molar-refractivity contribution in [3.63, 3.8) is 0 Å². The van der Waals surface area contributed by atoms with Crippen LogP contribution < -0.4 is 14.8 Å². The van der Waals surface area contributed by atoms with Crippen LogP contribution in [-0.2, 0) is 13.0 Å². The number of nitrogens with zero attached hydrogens (tertiary/aromatic N) is 3. The molecule has 1 unspecified atom stereocenters. The number of hydrogen-bond acceptors (Lipinski definition) is 7. The average Bonchev–Trinajstić information content (AvgIpc) is 2.78. The molecule has 164 valence electrons. The Morgan fingerprint density at radius 1 is 1.17 bits per heavy atom. The van der Waals surface area contributed by atoms with E-state index in [0.29, 0.717) is 13.1 Å². The summed E-state index contributed by atoms with van der Waals surface area (Å²) < 4.78 is 11.3. The van der Waals surface area contributed by atoms with Crippen LogP contribution in [0.2, 0.25) is 0 Å². The molecule has 1 aromatic heterocycles. The lowest BCUT2D eigenvalue weighted by atomic mass is 10.2. The Labute approximate surface area is 179 Å². The van der Waals surface area contributed by atoms with Gasteiger partial charge in [-0.3, -0.25) is 9.88 Å². The van der Waals surface area contributed by atoms with Crippen molar-refractivity contribution >= 4 is 0 Å². The van der Waals surface area contributed by atoms with E-state index >= 15 is 0 Å². The highest BCUT2D eigenvalue weighted by atomic mass is 16.5. The number of aromatic nitrogens is 1. The summed E-state index contributed by atoms with van der Waals surface area (Å²) in [6.07, 6.45) is 2.17. The molecule has 1 fully saturated rings. The molecule has 0 aliphatic carbocycles. The van der Waals surface area contributed by atoms with Crippen LogP contribution in [0.3, 0.4) is 0 Å². The molecule has 0 bridgehead atoms. The molecule has 2 heterocycles. The van der Waals surface area contributed by atoms with Crippen LogP contribution in [0.15, 0.2) is 42.6 Å². The van der Waals surface area contributed by atoms with Gasteiger partial charge in [0, 0.05) is 75.8 Å². The predicted molar refractivity (Wildman–Crippen MR) is 118 cm³/mol. The van der Waals surface area contributed by atoms with Gasteiger partial charge in [-0.05, 0) is 25.2 Å². The van der Waals surface area contributed by atoms with E-state index in [-0.39, 0.29) is 6.61 Å². The molecule has 1 aliphatic rings. The number of benzene rings is 1. The van der Waals surface area contributed by atoms with E-state index in [2.05, 4.69) is 27.1 Å². The van der Waals surface area contributed by atoms with Crippen LogP contribution >= 0.6 is 0 Å². The number of β-amino-alcohol motifs (C(OH)–C–C–N with tert-alkyl or cyclic N) is 1. The van der Waals surface area contributed by atoms with Crippen LogP contribution in [-0.4, -0.2) is 86.0 Å². The van der Waals surface area contributed by atoms with Crippen LogP contribution in [0, 0.1) is 0 Å². The second-order valence-corrected chi connectivity index (χ2v) is 7.79. The zero-order valence-corrected chi connectivity index (χ0v) is 18.1. The Morgan fingerprint density at radius 3 is 2.73 bits per heavy atom. The van der Waals surface area contributed by atoms with Gasteiger partial charge in [0.1, 0.15) is 24.2 Å². The SMILES string of the molecule is COc1ccc(CNCCc2ccccn2)c(OCC(O)CN2CCN(C)CC2)c1. The van der Waals surface area contributed by atoms with Gasteiger partial charge in [-0.25, -0.2) is 0 Å². The minimum absolute atomic E-state index is 0.264. The van der Waals surface area contributed by atoms with Gasteiger partial charge in [-0.15, -0.1) is 0 Å². The third-order valence-corrected chi connectivity index (χ3v) is 5.37. The maximum absolute atomic E-state index is 10.5. The lowest BCUT2D eigenvalue weighted by Gasteiger charge is -2.33. The molecule has 1 aliphatic heterocycles. The van der Waals surface area contributed by atoms with E-state index in [0.717, 1.165) is 61.9 Å². The van der Waals surface area contributed by atoms with Crippen molar-refractivity contribution in [1.29, 1.82) is 0 Å². The van der Waals surface area contributed by atoms with Gasteiger partial charge in [-0.2, -0.15) is 0 Å². The fourth-order valence-corrected chi connectivity index (χ4v) is 3.49. The van der Waals surface area contributed by atoms with Crippen LogP contribution in [0.25, 0.3) is 0 Å². The molecule has 1 atom stereocenters. The van der Waals surface area contributed by atoms with Gasteiger partial charge in [0.15, 0.2) is 0 Å². The molecule has 0 spiro atoms. The monoisotopic (exact) mass is 414 g/mol. The number of ether oxygens (including phenoxy) is 2. The summed E-state index contributed by atoms with van der Waals surface area (Å²) in [5.74, 6) is 1.49. The molecule has 3 rings (SSSR count). The molecule has 7 heteroatoms. The molecular formula is C23H34N4O3. The van der Waals surface area contributed by atoms with Crippen LogP contribution in [0.4, 0.5) is 0 Å². The Kier molecular flexibility index (Phi) is 8.89. The maximum Gasteiger partial charge on any atom is 0.127 e. The quantitative estimate of drug-likeness (QED) is 0.539. The lowest BCUT2D eigenvalue weighted by Crippen LogP contribution is -2.47. The van der Waals surface area contributed by atoms with Crippen LogP contribution in [0.5, 0.6) is 11.5 Å². The van der Waals surface area contributed by atoms with Crippen molar-refractivity contribution in [1.82, 2.24) is 20.1 Å². The summed E-state index contributed by atoms with van der Waals surface area (Å²) in [5, 5.41) is 13.9. The Bertz CT molecular complexity index is 751. The summed E-state index contributed by atoms with van der Waals surface area (Å²) in [7, 11) is 3.78. The normalized spacial score (nSPS) is 16.4. The molecule has 0 saturated carbocycles. The van der Waals surface area contributed by atoms with E-state index in [1.807, 2.05) is 42.6 Å². The van der Waals surface area contributed by atoms with Crippen molar-refractivity contribution in [3.8, 4) is 11.5 Å². The number of piperazine rings is 1. The largest absolute Gasteiger partial charge is 0.497 e. The number of methoxy groups -OCH3 is 1. The van der Waals surface area contributed by atoms with E-state index in [1.165, 1.54) is 0 Å². The summed E-state index contributed by atoms with van der Waals surface area (Å²) in [5.41, 5.74) is 2.12. The smallest absolute Gasteiger partial charge is 0.127 e. The first-order chi connectivity index (χ1) is 14.6. The molecule has 1 aromatic carbocycles. The summed E-state index contributed by atoms with van der Waals surface area (Å²) in [6, 6.07) is 11.8. The highest BCUT2D eigenvalue weighted by Gasteiger charge is 2.18. The zero-order chi connectivity index (χ0) is 21.2. The molecule has 2 N–H and O–H groups in total. The Balaban J connectivity index is 1.48. The molecule has 0 radical (unpaired) electrons. The van der Waals surface area contributed by atoms with Crippen molar-refractivity contribution < 1.29 is 14.6 Å². The molecular weight excluding hydrogens is 380 g/mol. The highest BCUT2D eigenvalue weighted by Crippen LogP contribution is 2.25. The molecule has 0 amide bonds. The number of aliphatic hydroxyl groups excluding tert-OH is 1. The average molecular weight is 415 g/mol. The predicted octanol–water partition coefficient (Wildman–Crippen LogP) is 1.41. The van der Waals surface area contributed by atoms with E-state index < -0.39 is 6.10 Å². The van der Waals surface area contributed by atoms with Crippen molar-refractivity contribution in [2.45, 2.75) is 19.1 Å². The standard InChI is InChI=1S/C23H34N4O3/c1-26-11-13-27(14-12-26)17-21(28)18-30-23-15-22(29-2)7-6-19(23)16-24-10-8-20-5-3-4-9-25-20/h3-7,9,15,21,24,28H,8,10-14,16-18H2,1-2H3. The Hall–Kier alpha value is -2.19. The van der Waals surface area contributed by atoms with E-state index in [4.69, 9.17) is 9.47 Å². The summed E-state index contributed by atoms with van der Waals surface area (Å²) >= 11 is 0. The highest BCUT2D eigenvalue weighted by molar-refractivity contribution is 5.40. The Morgan fingerprint density at radius 2 is 2.00 bits per heavy atom. The van der Waals surface area contributed by atoms with Gasteiger partial charge >= 0.3 is 0 Å². The topological polar surface area (TPSA) is 70.1 Å². The third-order valence-electron chi connectivity index (χ3n) is 5.37. The molecule has 2 aromatic rings. The summed E-state index contributed by atoms with van der Waals surface area (Å²) in [4.78, 5) is 8.95.